The maximum Gasteiger partial charge on any atom is 0.294 e. The van der Waals surface area contributed by atoms with Gasteiger partial charge in [0.15, 0.2) is 0 Å². The normalized spacial score (nSPS) is 10.0. The highest BCUT2D eigenvalue weighted by molar-refractivity contribution is 9.10. The van der Waals surface area contributed by atoms with Crippen LogP contribution in [0, 0.1) is 10.1 Å². The first kappa shape index (κ1) is 14.9. The number of nitro benzene ring substituents is 1. The molecule has 0 aliphatic carbocycles. The first-order chi connectivity index (χ1) is 10.0. The van der Waals surface area contributed by atoms with Crippen molar-refractivity contribution in [3.8, 4) is 0 Å². The Morgan fingerprint density at radius 3 is 2.43 bits per heavy atom. The second-order valence-electron chi connectivity index (χ2n) is 4.06. The molecule has 1 amide bonds. The lowest BCUT2D eigenvalue weighted by Gasteiger charge is -2.10. The summed E-state index contributed by atoms with van der Waals surface area (Å²) in [4.78, 5) is 22.5. The number of carbonyl (C=O) groups is 1. The van der Waals surface area contributed by atoms with Gasteiger partial charge in [0.05, 0.1) is 10.5 Å². The molecule has 2 aromatic rings. The Bertz CT molecular complexity index is 688. The molecule has 0 bridgehead atoms. The van der Waals surface area contributed by atoms with E-state index in [1.165, 1.54) is 18.2 Å². The predicted molar refractivity (Wildman–Crippen MR) is 83.0 cm³/mol. The number of nitrogens with two attached hydrogens (primary N) is 1. The van der Waals surface area contributed by atoms with Gasteiger partial charge in [0.25, 0.3) is 11.6 Å². The molecule has 0 aliphatic rings. The van der Waals surface area contributed by atoms with Gasteiger partial charge in [0.2, 0.25) is 0 Å². The van der Waals surface area contributed by atoms with E-state index in [9.17, 15) is 14.9 Å². The minimum Gasteiger partial charge on any atom is -0.322 e. The van der Waals surface area contributed by atoms with Crippen LogP contribution >= 0.6 is 15.9 Å². The Kier molecular flexibility index (Phi) is 4.51. The van der Waals surface area contributed by atoms with Crippen LogP contribution in [0.5, 0.6) is 0 Å². The van der Waals surface area contributed by atoms with Crippen molar-refractivity contribution in [2.24, 2.45) is 5.84 Å². The zero-order valence-corrected chi connectivity index (χ0v) is 12.3. The minimum absolute atomic E-state index is 0.0305. The van der Waals surface area contributed by atoms with Crippen LogP contribution in [0.2, 0.25) is 0 Å². The third-order valence-corrected chi connectivity index (χ3v) is 3.26. The summed E-state index contributed by atoms with van der Waals surface area (Å²) in [5.41, 5.74) is 2.58. The van der Waals surface area contributed by atoms with Crippen LogP contribution in [0.4, 0.5) is 17.1 Å². The molecule has 7 nitrogen and oxygen atoms in total. The van der Waals surface area contributed by atoms with E-state index in [4.69, 9.17) is 5.84 Å². The fourth-order valence-electron chi connectivity index (χ4n) is 1.76. The molecule has 0 saturated heterocycles. The van der Waals surface area contributed by atoms with Crippen LogP contribution in [0.25, 0.3) is 0 Å². The molecule has 0 radical (unpaired) electrons. The number of hydrogen-bond acceptors (Lipinski definition) is 5. The van der Waals surface area contributed by atoms with E-state index in [2.05, 4.69) is 26.7 Å². The van der Waals surface area contributed by atoms with Crippen molar-refractivity contribution in [3.05, 3.63) is 62.6 Å². The van der Waals surface area contributed by atoms with E-state index >= 15 is 0 Å². The summed E-state index contributed by atoms with van der Waals surface area (Å²) in [5, 5.41) is 13.6. The zero-order valence-electron chi connectivity index (χ0n) is 10.7. The van der Waals surface area contributed by atoms with Crippen LogP contribution in [-0.4, -0.2) is 10.8 Å². The lowest BCUT2D eigenvalue weighted by atomic mass is 10.1. The number of nitrogens with one attached hydrogen (secondary N) is 2. The van der Waals surface area contributed by atoms with Gasteiger partial charge in [0, 0.05) is 16.2 Å². The Morgan fingerprint density at radius 1 is 1.19 bits per heavy atom. The molecule has 108 valence electrons. The number of hydrazine groups is 1. The molecule has 0 spiro atoms. The number of nitrogen functional groups attached to an aromatic ring is 1. The number of carbonyl (C=O) groups excluding carboxylic acids is 1. The van der Waals surface area contributed by atoms with Gasteiger partial charge in [-0.3, -0.25) is 20.8 Å². The summed E-state index contributed by atoms with van der Waals surface area (Å²) in [6.45, 7) is 0. The quantitative estimate of drug-likeness (QED) is 0.446. The van der Waals surface area contributed by atoms with Gasteiger partial charge in [0.1, 0.15) is 5.69 Å². The number of halogens is 1. The number of amides is 1. The first-order valence-corrected chi connectivity index (χ1v) is 6.63. The molecule has 0 saturated carbocycles. The maximum atomic E-state index is 12.2. The van der Waals surface area contributed by atoms with Gasteiger partial charge in [-0.2, -0.15) is 0 Å². The molecule has 0 unspecified atom stereocenters. The number of nitro groups is 1. The summed E-state index contributed by atoms with van der Waals surface area (Å²) < 4.78 is 0.875. The number of nitrogens with zero attached hydrogens (tertiary/aromatic N) is 1. The van der Waals surface area contributed by atoms with Crippen molar-refractivity contribution >= 4 is 38.9 Å². The van der Waals surface area contributed by atoms with E-state index in [1.54, 1.807) is 24.3 Å². The van der Waals surface area contributed by atoms with Crippen LogP contribution in [0.3, 0.4) is 0 Å². The minimum atomic E-state index is -0.606. The van der Waals surface area contributed by atoms with Gasteiger partial charge >= 0.3 is 0 Å². The summed E-state index contributed by atoms with van der Waals surface area (Å²) >= 11 is 3.29. The highest BCUT2D eigenvalue weighted by atomic mass is 79.9. The number of anilines is 2. The van der Waals surface area contributed by atoms with Crippen molar-refractivity contribution in [2.45, 2.75) is 0 Å². The maximum absolute atomic E-state index is 12.2. The Morgan fingerprint density at radius 2 is 1.86 bits per heavy atom. The van der Waals surface area contributed by atoms with Crippen molar-refractivity contribution in [1.29, 1.82) is 0 Å². The Balaban J connectivity index is 2.33. The SMILES string of the molecule is NNc1c(C(=O)Nc2ccc(Br)cc2)cccc1[N+](=O)[O-]. The first-order valence-electron chi connectivity index (χ1n) is 5.84. The monoisotopic (exact) mass is 350 g/mol. The highest BCUT2D eigenvalue weighted by Crippen LogP contribution is 2.28. The molecule has 2 aromatic carbocycles. The lowest BCUT2D eigenvalue weighted by Crippen LogP contribution is -2.18. The van der Waals surface area contributed by atoms with Gasteiger partial charge in [-0.1, -0.05) is 22.0 Å². The average Bonchev–Trinajstić information content (AvgIpc) is 2.48. The molecule has 0 fully saturated rings. The number of hydrogen-bond donors (Lipinski definition) is 3. The molecule has 0 atom stereocenters. The fourth-order valence-corrected chi connectivity index (χ4v) is 2.03. The highest BCUT2D eigenvalue weighted by Gasteiger charge is 2.20. The number of rotatable bonds is 4. The average molecular weight is 351 g/mol. The van der Waals surface area contributed by atoms with Crippen molar-refractivity contribution in [2.75, 3.05) is 10.7 Å². The fraction of sp³-hybridized carbons (Fsp3) is 0. The second-order valence-corrected chi connectivity index (χ2v) is 4.98. The molecule has 0 aliphatic heterocycles. The summed E-state index contributed by atoms with van der Waals surface area (Å²) in [5.74, 6) is 4.81. The third kappa shape index (κ3) is 3.36. The topological polar surface area (TPSA) is 110 Å². The van der Waals surface area contributed by atoms with E-state index in [-0.39, 0.29) is 16.9 Å². The van der Waals surface area contributed by atoms with E-state index in [1.807, 2.05) is 0 Å². The van der Waals surface area contributed by atoms with Crippen molar-refractivity contribution < 1.29 is 9.72 Å². The summed E-state index contributed by atoms with van der Waals surface area (Å²) in [6, 6.07) is 11.1. The molecule has 0 aromatic heterocycles. The van der Waals surface area contributed by atoms with Gasteiger partial charge in [-0.15, -0.1) is 0 Å². The van der Waals surface area contributed by atoms with Crippen LogP contribution in [0.1, 0.15) is 10.4 Å². The number of para-hydroxylation sites is 1. The third-order valence-electron chi connectivity index (χ3n) is 2.73. The lowest BCUT2D eigenvalue weighted by molar-refractivity contribution is -0.384. The molecule has 2 rings (SSSR count). The number of benzene rings is 2. The van der Waals surface area contributed by atoms with Gasteiger partial charge in [-0.25, -0.2) is 0 Å². The van der Waals surface area contributed by atoms with Crippen molar-refractivity contribution in [3.63, 3.8) is 0 Å². The predicted octanol–water partition coefficient (Wildman–Crippen LogP) is 2.90. The standard InChI is InChI=1S/C13H11BrN4O3/c14-8-4-6-9(7-5-8)16-13(19)10-2-1-3-11(18(20)21)12(10)17-15/h1-7,17H,15H2,(H,16,19). The smallest absolute Gasteiger partial charge is 0.294 e. The molecule has 0 heterocycles. The molecule has 8 heteroatoms. The van der Waals surface area contributed by atoms with Gasteiger partial charge < -0.3 is 10.7 Å². The van der Waals surface area contributed by atoms with Crippen molar-refractivity contribution in [1.82, 2.24) is 0 Å². The molecular formula is C13H11BrN4O3. The molecular weight excluding hydrogens is 340 g/mol. The summed E-state index contributed by atoms with van der Waals surface area (Å²) in [7, 11) is 0. The zero-order chi connectivity index (χ0) is 15.4. The largest absolute Gasteiger partial charge is 0.322 e. The van der Waals surface area contributed by atoms with Gasteiger partial charge in [-0.05, 0) is 30.3 Å². The van der Waals surface area contributed by atoms with E-state index < -0.39 is 10.8 Å². The van der Waals surface area contributed by atoms with Crippen LogP contribution < -0.4 is 16.6 Å². The van der Waals surface area contributed by atoms with Crippen LogP contribution in [-0.2, 0) is 0 Å². The molecule has 21 heavy (non-hydrogen) atoms. The van der Waals surface area contributed by atoms with Crippen LogP contribution in [0.15, 0.2) is 46.9 Å². The molecule has 4 N–H and O–H groups in total. The van der Waals surface area contributed by atoms with E-state index in [0.717, 1.165) is 4.47 Å². The van der Waals surface area contributed by atoms with E-state index in [0.29, 0.717) is 5.69 Å². The Labute approximate surface area is 128 Å². The summed E-state index contributed by atoms with van der Waals surface area (Å²) in [6.07, 6.45) is 0. The Hall–Kier alpha value is -2.45. The second kappa shape index (κ2) is 6.33.